The van der Waals surface area contributed by atoms with Gasteiger partial charge in [0.1, 0.15) is 5.75 Å². The third-order valence-electron chi connectivity index (χ3n) is 3.99. The fourth-order valence-electron chi connectivity index (χ4n) is 2.61. The van der Waals surface area contributed by atoms with Crippen molar-refractivity contribution in [2.75, 3.05) is 11.5 Å². The van der Waals surface area contributed by atoms with Crippen molar-refractivity contribution in [3.8, 4) is 5.75 Å². The number of nitrogens with two attached hydrogens (primary N) is 1. The molecule has 0 aliphatic carbocycles. The summed E-state index contributed by atoms with van der Waals surface area (Å²) in [5.41, 5.74) is 8.58. The maximum Gasteiger partial charge on any atom is 0.335 e. The Bertz CT molecular complexity index is 784. The van der Waals surface area contributed by atoms with Crippen LogP contribution in [-0.2, 0) is 11.3 Å². The normalized spacial score (nSPS) is 14.8. The number of carboxylic acid groups (broad SMARTS) is 1. The van der Waals surface area contributed by atoms with E-state index >= 15 is 0 Å². The number of fused-ring (bicyclic) bond motifs is 1. The molecule has 2 aromatic rings. The van der Waals surface area contributed by atoms with Crippen molar-refractivity contribution < 1.29 is 19.4 Å². The van der Waals surface area contributed by atoms with Crippen LogP contribution in [-0.4, -0.2) is 23.6 Å². The Morgan fingerprint density at radius 1 is 1.29 bits per heavy atom. The van der Waals surface area contributed by atoms with Gasteiger partial charge in [-0.05, 0) is 42.3 Å². The van der Waals surface area contributed by atoms with Crippen molar-refractivity contribution in [2.45, 2.75) is 19.5 Å². The van der Waals surface area contributed by atoms with E-state index in [9.17, 15) is 9.59 Å². The van der Waals surface area contributed by atoms with Gasteiger partial charge in [0.15, 0.2) is 6.61 Å². The predicted octanol–water partition coefficient (Wildman–Crippen LogP) is 2.33. The van der Waals surface area contributed by atoms with Crippen molar-refractivity contribution in [2.24, 2.45) is 5.73 Å². The minimum atomic E-state index is -0.976. The summed E-state index contributed by atoms with van der Waals surface area (Å²) in [6.45, 7) is 2.21. The first-order valence-electron chi connectivity index (χ1n) is 7.60. The Morgan fingerprint density at radius 2 is 2.00 bits per heavy atom. The highest BCUT2D eigenvalue weighted by Crippen LogP contribution is 2.35. The van der Waals surface area contributed by atoms with Crippen molar-refractivity contribution >= 4 is 17.6 Å². The first kappa shape index (κ1) is 16.0. The molecule has 1 aliphatic heterocycles. The molecule has 0 saturated heterocycles. The van der Waals surface area contributed by atoms with Gasteiger partial charge in [-0.15, -0.1) is 0 Å². The van der Waals surface area contributed by atoms with Gasteiger partial charge in [-0.25, -0.2) is 4.79 Å². The van der Waals surface area contributed by atoms with Crippen LogP contribution in [0.25, 0.3) is 0 Å². The molecular formula is C18H18N2O4. The van der Waals surface area contributed by atoms with Crippen LogP contribution < -0.4 is 15.4 Å². The molecular weight excluding hydrogens is 308 g/mol. The Hall–Kier alpha value is -2.86. The van der Waals surface area contributed by atoms with Crippen LogP contribution in [0.1, 0.15) is 34.5 Å². The van der Waals surface area contributed by atoms with Gasteiger partial charge in [0.05, 0.1) is 17.8 Å². The van der Waals surface area contributed by atoms with Gasteiger partial charge in [0, 0.05) is 6.04 Å². The zero-order valence-corrected chi connectivity index (χ0v) is 13.2. The van der Waals surface area contributed by atoms with E-state index in [0.717, 1.165) is 11.1 Å². The molecule has 1 unspecified atom stereocenters. The molecule has 0 radical (unpaired) electrons. The maximum atomic E-state index is 12.3. The molecule has 0 fully saturated rings. The lowest BCUT2D eigenvalue weighted by Crippen LogP contribution is -2.38. The van der Waals surface area contributed by atoms with Gasteiger partial charge in [-0.1, -0.05) is 18.2 Å². The van der Waals surface area contributed by atoms with Gasteiger partial charge >= 0.3 is 5.97 Å². The lowest BCUT2D eigenvalue weighted by atomic mass is 10.1. The molecule has 1 amide bonds. The lowest BCUT2D eigenvalue weighted by Gasteiger charge is -2.30. The Balaban J connectivity index is 1.91. The predicted molar refractivity (Wildman–Crippen MR) is 89.1 cm³/mol. The van der Waals surface area contributed by atoms with E-state index in [1.54, 1.807) is 17.0 Å². The summed E-state index contributed by atoms with van der Waals surface area (Å²) in [6, 6.07) is 11.9. The van der Waals surface area contributed by atoms with Gasteiger partial charge in [-0.3, -0.25) is 4.79 Å². The first-order chi connectivity index (χ1) is 11.5. The largest absolute Gasteiger partial charge is 0.482 e. The average molecular weight is 326 g/mol. The molecule has 2 aromatic carbocycles. The van der Waals surface area contributed by atoms with E-state index in [-0.39, 0.29) is 24.1 Å². The number of benzene rings is 2. The number of aromatic carboxylic acids is 1. The number of amides is 1. The third-order valence-corrected chi connectivity index (χ3v) is 3.99. The number of rotatable bonds is 4. The fourth-order valence-corrected chi connectivity index (χ4v) is 2.61. The highest BCUT2D eigenvalue weighted by Gasteiger charge is 2.26. The number of hydrogen-bond acceptors (Lipinski definition) is 4. The van der Waals surface area contributed by atoms with Gasteiger partial charge < -0.3 is 20.5 Å². The van der Waals surface area contributed by atoms with Crippen molar-refractivity contribution in [1.29, 1.82) is 0 Å². The topological polar surface area (TPSA) is 92.9 Å². The molecule has 0 bridgehead atoms. The average Bonchev–Trinajstić information content (AvgIpc) is 2.57. The Morgan fingerprint density at radius 3 is 2.62 bits per heavy atom. The summed E-state index contributed by atoms with van der Waals surface area (Å²) < 4.78 is 5.48. The molecule has 1 heterocycles. The molecule has 0 saturated carbocycles. The highest BCUT2D eigenvalue weighted by atomic mass is 16.5. The van der Waals surface area contributed by atoms with E-state index in [1.807, 2.05) is 25.1 Å². The second kappa shape index (κ2) is 6.33. The number of hydrogen-bond donors (Lipinski definition) is 2. The molecule has 24 heavy (non-hydrogen) atoms. The van der Waals surface area contributed by atoms with E-state index in [1.165, 1.54) is 12.1 Å². The van der Waals surface area contributed by atoms with Crippen LogP contribution >= 0.6 is 0 Å². The second-order valence-corrected chi connectivity index (χ2v) is 5.79. The number of nitrogens with zero attached hydrogens (tertiary/aromatic N) is 1. The van der Waals surface area contributed by atoms with E-state index < -0.39 is 5.97 Å². The summed E-state index contributed by atoms with van der Waals surface area (Å²) in [5, 5.41) is 8.96. The van der Waals surface area contributed by atoms with Gasteiger partial charge in [0.2, 0.25) is 0 Å². The summed E-state index contributed by atoms with van der Waals surface area (Å²) in [5.74, 6) is -0.483. The summed E-state index contributed by atoms with van der Waals surface area (Å²) in [6.07, 6.45) is 0. The zero-order valence-electron chi connectivity index (χ0n) is 13.2. The quantitative estimate of drug-likeness (QED) is 0.899. The molecule has 6 heteroatoms. The van der Waals surface area contributed by atoms with Gasteiger partial charge in [0.25, 0.3) is 5.91 Å². The van der Waals surface area contributed by atoms with Crippen LogP contribution in [0.2, 0.25) is 0 Å². The molecule has 3 rings (SSSR count). The number of carbonyl (C=O) groups is 2. The number of anilines is 1. The zero-order chi connectivity index (χ0) is 17.3. The maximum absolute atomic E-state index is 12.3. The van der Waals surface area contributed by atoms with E-state index in [4.69, 9.17) is 15.6 Å². The molecule has 3 N–H and O–H groups in total. The Kier molecular flexibility index (Phi) is 4.22. The van der Waals surface area contributed by atoms with E-state index in [0.29, 0.717) is 18.0 Å². The third kappa shape index (κ3) is 3.09. The minimum absolute atomic E-state index is 0.0161. The number of carboxylic acids is 1. The van der Waals surface area contributed by atoms with Crippen molar-refractivity contribution in [3.05, 3.63) is 59.2 Å². The minimum Gasteiger partial charge on any atom is -0.482 e. The first-order valence-corrected chi connectivity index (χ1v) is 7.60. The van der Waals surface area contributed by atoms with Crippen molar-refractivity contribution in [3.63, 3.8) is 0 Å². The molecule has 124 valence electrons. The summed E-state index contributed by atoms with van der Waals surface area (Å²) in [4.78, 5) is 24.9. The smallest absolute Gasteiger partial charge is 0.335 e. The molecule has 1 atom stereocenters. The SMILES string of the molecule is CC(N)c1ccc2c(c1)N(Cc1ccc(C(=O)O)cc1)C(=O)CO2. The summed E-state index contributed by atoms with van der Waals surface area (Å²) in [7, 11) is 0. The number of carbonyl (C=O) groups excluding carboxylic acids is 1. The fraction of sp³-hybridized carbons (Fsp3) is 0.222. The Labute approximate surface area is 139 Å². The van der Waals surface area contributed by atoms with Crippen LogP contribution in [0.3, 0.4) is 0 Å². The molecule has 1 aliphatic rings. The number of ether oxygens (including phenoxy) is 1. The standard InChI is InChI=1S/C18H18N2O4/c1-11(19)14-6-7-16-15(8-14)20(17(21)10-24-16)9-12-2-4-13(5-3-12)18(22)23/h2-8,11H,9-10,19H2,1H3,(H,22,23). The second-order valence-electron chi connectivity index (χ2n) is 5.79. The monoisotopic (exact) mass is 326 g/mol. The van der Waals surface area contributed by atoms with Crippen molar-refractivity contribution in [1.82, 2.24) is 0 Å². The van der Waals surface area contributed by atoms with Crippen LogP contribution in [0, 0.1) is 0 Å². The van der Waals surface area contributed by atoms with Crippen LogP contribution in [0.5, 0.6) is 5.75 Å². The van der Waals surface area contributed by atoms with Crippen LogP contribution in [0.15, 0.2) is 42.5 Å². The lowest BCUT2D eigenvalue weighted by molar-refractivity contribution is -0.121. The van der Waals surface area contributed by atoms with Crippen LogP contribution in [0.4, 0.5) is 5.69 Å². The van der Waals surface area contributed by atoms with E-state index in [2.05, 4.69) is 0 Å². The van der Waals surface area contributed by atoms with Gasteiger partial charge in [-0.2, -0.15) is 0 Å². The highest BCUT2D eigenvalue weighted by molar-refractivity contribution is 5.98. The molecule has 0 spiro atoms. The summed E-state index contributed by atoms with van der Waals surface area (Å²) >= 11 is 0. The molecule has 0 aromatic heterocycles. The molecule has 6 nitrogen and oxygen atoms in total.